The number of rotatable bonds is 0. The number of halogens is 2. The van der Waals surface area contributed by atoms with E-state index in [1.807, 2.05) is 0 Å². The normalized spacial score (nSPS) is 27.6. The fourth-order valence-electron chi connectivity index (χ4n) is 2.85. The minimum absolute atomic E-state index is 0.000741. The third kappa shape index (κ3) is 1.31. The topological polar surface area (TPSA) is 34.0 Å². The molecular formula is C11H12F2N2O. The van der Waals surface area contributed by atoms with Gasteiger partial charge in [0.15, 0.2) is 5.82 Å². The zero-order valence-electron chi connectivity index (χ0n) is 8.67. The van der Waals surface area contributed by atoms with E-state index >= 15 is 0 Å². The zero-order chi connectivity index (χ0) is 11.3. The van der Waals surface area contributed by atoms with Gasteiger partial charge in [0.25, 0.3) is 5.56 Å². The summed E-state index contributed by atoms with van der Waals surface area (Å²) in [5.41, 5.74) is -0.317. The summed E-state index contributed by atoms with van der Waals surface area (Å²) in [6, 6.07) is 0.711. The van der Waals surface area contributed by atoms with Gasteiger partial charge in [-0.2, -0.15) is 0 Å². The Morgan fingerprint density at radius 3 is 2.94 bits per heavy atom. The Balaban J connectivity index is 2.23. The van der Waals surface area contributed by atoms with E-state index in [0.29, 0.717) is 30.8 Å². The number of piperidine rings is 1. The van der Waals surface area contributed by atoms with E-state index in [1.165, 1.54) is 4.57 Å². The van der Waals surface area contributed by atoms with Crippen molar-refractivity contribution in [1.82, 2.24) is 9.88 Å². The van der Waals surface area contributed by atoms with Crippen molar-refractivity contribution in [2.75, 3.05) is 13.1 Å². The van der Waals surface area contributed by atoms with Crippen molar-refractivity contribution in [3.8, 4) is 0 Å². The molecule has 1 fully saturated rings. The smallest absolute Gasteiger partial charge is 0.286 e. The van der Waals surface area contributed by atoms with Crippen molar-refractivity contribution in [3.05, 3.63) is 33.7 Å². The number of hydrogen-bond acceptors (Lipinski definition) is 2. The molecule has 3 heterocycles. The molecule has 0 radical (unpaired) electrons. The van der Waals surface area contributed by atoms with Crippen LogP contribution in [-0.4, -0.2) is 17.7 Å². The van der Waals surface area contributed by atoms with Crippen molar-refractivity contribution in [1.29, 1.82) is 0 Å². The highest BCUT2D eigenvalue weighted by atomic mass is 19.1. The number of nitrogens with zero attached hydrogens (tertiary/aromatic N) is 1. The highest BCUT2D eigenvalue weighted by Crippen LogP contribution is 2.33. The van der Waals surface area contributed by atoms with Gasteiger partial charge in [-0.15, -0.1) is 0 Å². The average Bonchev–Trinajstić information content (AvgIpc) is 2.25. The van der Waals surface area contributed by atoms with E-state index in [2.05, 4.69) is 5.32 Å². The molecule has 2 atom stereocenters. The predicted molar refractivity (Wildman–Crippen MR) is 54.3 cm³/mol. The van der Waals surface area contributed by atoms with Crippen LogP contribution in [0.5, 0.6) is 0 Å². The van der Waals surface area contributed by atoms with Crippen molar-refractivity contribution in [2.24, 2.45) is 5.92 Å². The molecule has 86 valence electrons. The van der Waals surface area contributed by atoms with E-state index in [-0.39, 0.29) is 5.92 Å². The van der Waals surface area contributed by atoms with E-state index < -0.39 is 17.2 Å². The van der Waals surface area contributed by atoms with Gasteiger partial charge in [-0.3, -0.25) is 4.79 Å². The van der Waals surface area contributed by atoms with Crippen molar-refractivity contribution in [3.63, 3.8) is 0 Å². The number of fused-ring (bicyclic) bond motifs is 4. The first-order valence-corrected chi connectivity index (χ1v) is 5.46. The molecule has 0 aliphatic carbocycles. The van der Waals surface area contributed by atoms with Crippen LogP contribution in [0.2, 0.25) is 0 Å². The highest BCUT2D eigenvalue weighted by molar-refractivity contribution is 5.19. The summed E-state index contributed by atoms with van der Waals surface area (Å²) >= 11 is 0. The molecule has 3 nitrogen and oxygen atoms in total. The largest absolute Gasteiger partial charge is 0.316 e. The second-order valence-corrected chi connectivity index (χ2v) is 4.60. The van der Waals surface area contributed by atoms with Crippen molar-refractivity contribution in [2.45, 2.75) is 18.9 Å². The number of pyridine rings is 1. The minimum atomic E-state index is -0.991. The average molecular weight is 226 g/mol. The van der Waals surface area contributed by atoms with E-state index in [0.717, 1.165) is 13.0 Å². The van der Waals surface area contributed by atoms with Crippen LogP contribution < -0.4 is 10.9 Å². The summed E-state index contributed by atoms with van der Waals surface area (Å²) in [7, 11) is 0. The molecule has 2 unspecified atom stereocenters. The Bertz CT molecular complexity index is 497. The summed E-state index contributed by atoms with van der Waals surface area (Å²) in [5, 5.41) is 3.21. The lowest BCUT2D eigenvalue weighted by Gasteiger charge is -2.37. The van der Waals surface area contributed by atoms with Gasteiger partial charge in [-0.1, -0.05) is 0 Å². The summed E-state index contributed by atoms with van der Waals surface area (Å²) in [6.07, 6.45) is 0.884. The number of nitrogens with one attached hydrogen (secondary N) is 1. The summed E-state index contributed by atoms with van der Waals surface area (Å²) in [4.78, 5) is 11.6. The quantitative estimate of drug-likeness (QED) is 0.711. The molecule has 1 aromatic rings. The second-order valence-electron chi connectivity index (χ2n) is 4.60. The second kappa shape index (κ2) is 3.38. The Kier molecular flexibility index (Phi) is 2.10. The van der Waals surface area contributed by atoms with E-state index in [4.69, 9.17) is 0 Å². The minimum Gasteiger partial charge on any atom is -0.316 e. The molecule has 1 saturated heterocycles. The van der Waals surface area contributed by atoms with Gasteiger partial charge in [0.1, 0.15) is 5.82 Å². The van der Waals surface area contributed by atoms with Gasteiger partial charge in [-0.05, 0) is 18.9 Å². The molecule has 0 spiro atoms. The summed E-state index contributed by atoms with van der Waals surface area (Å²) in [5.74, 6) is -1.27. The Morgan fingerprint density at radius 2 is 2.12 bits per heavy atom. The van der Waals surface area contributed by atoms with E-state index in [9.17, 15) is 13.6 Å². The molecule has 16 heavy (non-hydrogen) atoms. The van der Waals surface area contributed by atoms with Crippen LogP contribution in [0.1, 0.15) is 18.0 Å². The monoisotopic (exact) mass is 226 g/mol. The van der Waals surface area contributed by atoms with E-state index in [1.54, 1.807) is 0 Å². The maximum Gasteiger partial charge on any atom is 0.286 e. The van der Waals surface area contributed by atoms with Crippen LogP contribution in [0.3, 0.4) is 0 Å². The summed E-state index contributed by atoms with van der Waals surface area (Å²) in [6.45, 7) is 1.91. The van der Waals surface area contributed by atoms with Crippen molar-refractivity contribution >= 4 is 0 Å². The van der Waals surface area contributed by atoms with Crippen LogP contribution >= 0.6 is 0 Å². The maximum atomic E-state index is 13.7. The van der Waals surface area contributed by atoms with Gasteiger partial charge in [0.05, 0.1) is 5.69 Å². The zero-order valence-corrected chi connectivity index (χ0v) is 8.67. The lowest BCUT2D eigenvalue weighted by molar-refractivity contribution is 0.245. The molecule has 5 heteroatoms. The third-order valence-corrected chi connectivity index (χ3v) is 3.51. The Hall–Kier alpha value is -1.23. The molecule has 2 bridgehead atoms. The molecule has 2 aliphatic heterocycles. The molecular weight excluding hydrogens is 214 g/mol. The van der Waals surface area contributed by atoms with Gasteiger partial charge < -0.3 is 9.88 Å². The van der Waals surface area contributed by atoms with Gasteiger partial charge in [0, 0.05) is 25.1 Å². The fraction of sp³-hybridized carbons (Fsp3) is 0.545. The van der Waals surface area contributed by atoms with Crippen LogP contribution in [-0.2, 0) is 6.54 Å². The first-order chi connectivity index (χ1) is 7.66. The molecule has 3 rings (SSSR count). The van der Waals surface area contributed by atoms with Crippen LogP contribution in [0.4, 0.5) is 8.78 Å². The van der Waals surface area contributed by atoms with Crippen LogP contribution in [0.25, 0.3) is 0 Å². The SMILES string of the molecule is O=c1c(F)cc(F)c2n1CC1CNCC2C1. The van der Waals surface area contributed by atoms with Crippen LogP contribution in [0, 0.1) is 17.6 Å². The van der Waals surface area contributed by atoms with Gasteiger partial charge in [-0.25, -0.2) is 8.78 Å². The van der Waals surface area contributed by atoms with Gasteiger partial charge in [0.2, 0.25) is 0 Å². The molecule has 0 amide bonds. The van der Waals surface area contributed by atoms with Crippen LogP contribution in [0.15, 0.2) is 10.9 Å². The molecule has 0 saturated carbocycles. The number of aromatic nitrogens is 1. The summed E-state index contributed by atoms with van der Waals surface area (Å²) < 4.78 is 28.1. The standard InChI is InChI=1S/C11H12F2N2O/c12-8-2-9(13)11(16)15-5-6-1-7(10(8)15)4-14-3-6/h2,6-7,14H,1,3-5H2. The maximum absolute atomic E-state index is 13.7. The molecule has 2 aliphatic rings. The molecule has 1 aromatic heterocycles. The fourth-order valence-corrected chi connectivity index (χ4v) is 2.85. The number of hydrogen-bond donors (Lipinski definition) is 1. The first-order valence-electron chi connectivity index (χ1n) is 5.46. The van der Waals surface area contributed by atoms with Crippen molar-refractivity contribution < 1.29 is 8.78 Å². The Labute approximate surface area is 91.1 Å². The lowest BCUT2D eigenvalue weighted by atomic mass is 9.84. The van der Waals surface area contributed by atoms with Gasteiger partial charge >= 0.3 is 0 Å². The predicted octanol–water partition coefficient (Wildman–Crippen LogP) is 0.833. The first kappa shape index (κ1) is 9.96. The molecule has 1 N–H and O–H groups in total. The highest BCUT2D eigenvalue weighted by Gasteiger charge is 2.33. The lowest BCUT2D eigenvalue weighted by Crippen LogP contribution is -2.46. The molecule has 0 aromatic carbocycles. The Morgan fingerprint density at radius 1 is 1.31 bits per heavy atom. The third-order valence-electron chi connectivity index (χ3n) is 3.51.